The van der Waals surface area contributed by atoms with E-state index < -0.39 is 0 Å². The molecule has 0 aliphatic rings. The third kappa shape index (κ3) is 5.25. The van der Waals surface area contributed by atoms with Crippen molar-refractivity contribution in [2.24, 2.45) is 0 Å². The minimum absolute atomic E-state index is 0.0915. The Kier molecular flexibility index (Phi) is 7.93. The maximum absolute atomic E-state index is 4.49. The standard InChI is InChI=1S/C12H29N4/c1-7-9-13-11-14-10-8-12(2,15(3)4)16(5)6/h13H,7-11H2,1-6H3. The minimum Gasteiger partial charge on any atom is -0.303 e. The Balaban J connectivity index is 3.78. The lowest BCUT2D eigenvalue weighted by molar-refractivity contribution is 0.0135. The van der Waals surface area contributed by atoms with Crippen molar-refractivity contribution >= 4 is 0 Å². The molecule has 16 heavy (non-hydrogen) atoms. The zero-order valence-corrected chi connectivity index (χ0v) is 11.9. The van der Waals surface area contributed by atoms with E-state index in [2.05, 4.69) is 62.5 Å². The van der Waals surface area contributed by atoms with Crippen molar-refractivity contribution in [3.05, 3.63) is 0 Å². The Bertz CT molecular complexity index is 160. The summed E-state index contributed by atoms with van der Waals surface area (Å²) in [4.78, 5) is 4.50. The maximum atomic E-state index is 4.49. The third-order valence-electron chi connectivity index (χ3n) is 3.32. The Morgan fingerprint density at radius 1 is 1.12 bits per heavy atom. The van der Waals surface area contributed by atoms with Gasteiger partial charge in [0.1, 0.15) is 0 Å². The molecule has 0 aromatic carbocycles. The van der Waals surface area contributed by atoms with Gasteiger partial charge in [-0.05, 0) is 54.5 Å². The monoisotopic (exact) mass is 229 g/mol. The Morgan fingerprint density at radius 3 is 2.12 bits per heavy atom. The van der Waals surface area contributed by atoms with Crippen molar-refractivity contribution in [3.63, 3.8) is 0 Å². The molecular weight excluding hydrogens is 200 g/mol. The lowest BCUT2D eigenvalue weighted by Gasteiger charge is -2.42. The van der Waals surface area contributed by atoms with Crippen LogP contribution in [0.1, 0.15) is 26.7 Å². The van der Waals surface area contributed by atoms with E-state index >= 15 is 0 Å². The van der Waals surface area contributed by atoms with Crippen LogP contribution in [0.3, 0.4) is 0 Å². The second-order valence-electron chi connectivity index (χ2n) is 4.86. The zero-order chi connectivity index (χ0) is 12.6. The summed E-state index contributed by atoms with van der Waals surface area (Å²) in [5.74, 6) is 0. The SMILES string of the molecule is CCCNC[N]CCC(C)(N(C)C)N(C)C. The summed E-state index contributed by atoms with van der Waals surface area (Å²) in [6, 6.07) is 0. The fourth-order valence-electron chi connectivity index (χ4n) is 1.55. The normalized spacial score (nSPS) is 12.8. The summed E-state index contributed by atoms with van der Waals surface area (Å²) in [6.07, 6.45) is 2.23. The molecule has 0 aromatic rings. The van der Waals surface area contributed by atoms with Gasteiger partial charge in [-0.15, -0.1) is 0 Å². The molecule has 0 amide bonds. The van der Waals surface area contributed by atoms with Gasteiger partial charge in [-0.1, -0.05) is 6.92 Å². The van der Waals surface area contributed by atoms with E-state index in [0.717, 1.165) is 26.2 Å². The van der Waals surface area contributed by atoms with E-state index in [-0.39, 0.29) is 5.66 Å². The van der Waals surface area contributed by atoms with Crippen LogP contribution in [0.4, 0.5) is 0 Å². The van der Waals surface area contributed by atoms with Gasteiger partial charge in [0, 0.05) is 6.54 Å². The molecule has 0 bridgehead atoms. The topological polar surface area (TPSA) is 32.6 Å². The molecule has 0 saturated carbocycles. The van der Waals surface area contributed by atoms with Crippen molar-refractivity contribution in [3.8, 4) is 0 Å². The smallest absolute Gasteiger partial charge is 0.0711 e. The molecule has 0 atom stereocenters. The van der Waals surface area contributed by atoms with Gasteiger partial charge in [-0.3, -0.25) is 9.80 Å². The summed E-state index contributed by atoms with van der Waals surface area (Å²) >= 11 is 0. The molecule has 0 aromatic heterocycles. The van der Waals surface area contributed by atoms with Crippen LogP contribution < -0.4 is 10.6 Å². The number of nitrogens with one attached hydrogen (secondary N) is 1. The highest BCUT2D eigenvalue weighted by Crippen LogP contribution is 2.18. The van der Waals surface area contributed by atoms with Gasteiger partial charge in [-0.2, -0.15) is 0 Å². The van der Waals surface area contributed by atoms with Crippen LogP contribution in [0, 0.1) is 0 Å². The number of nitrogens with zero attached hydrogens (tertiary/aromatic N) is 3. The Labute approximate surface area is 101 Å². The molecule has 0 unspecified atom stereocenters. The van der Waals surface area contributed by atoms with Crippen molar-refractivity contribution in [2.45, 2.75) is 32.4 Å². The van der Waals surface area contributed by atoms with Gasteiger partial charge in [0.2, 0.25) is 0 Å². The third-order valence-corrected chi connectivity index (χ3v) is 3.32. The average molecular weight is 229 g/mol. The van der Waals surface area contributed by atoms with Gasteiger partial charge in [0.15, 0.2) is 0 Å². The van der Waals surface area contributed by atoms with E-state index in [1.54, 1.807) is 0 Å². The van der Waals surface area contributed by atoms with Crippen LogP contribution in [-0.2, 0) is 0 Å². The summed E-state index contributed by atoms with van der Waals surface area (Å²) < 4.78 is 0. The molecule has 0 saturated heterocycles. The van der Waals surface area contributed by atoms with Crippen molar-refractivity contribution in [1.82, 2.24) is 20.4 Å². The molecular formula is C12H29N4. The molecule has 0 rings (SSSR count). The molecule has 0 fully saturated rings. The van der Waals surface area contributed by atoms with E-state index in [9.17, 15) is 0 Å². The molecule has 4 heteroatoms. The molecule has 0 spiro atoms. The maximum Gasteiger partial charge on any atom is 0.0711 e. The molecule has 97 valence electrons. The van der Waals surface area contributed by atoms with Gasteiger partial charge in [0.05, 0.1) is 12.3 Å². The highest BCUT2D eigenvalue weighted by atomic mass is 15.4. The fourth-order valence-corrected chi connectivity index (χ4v) is 1.55. The second-order valence-corrected chi connectivity index (χ2v) is 4.86. The van der Waals surface area contributed by atoms with Crippen molar-refractivity contribution in [1.29, 1.82) is 0 Å². The predicted molar refractivity (Wildman–Crippen MR) is 70.6 cm³/mol. The van der Waals surface area contributed by atoms with Crippen molar-refractivity contribution in [2.75, 3.05) is 47.9 Å². The van der Waals surface area contributed by atoms with Crippen LogP contribution in [0.25, 0.3) is 0 Å². The highest BCUT2D eigenvalue weighted by Gasteiger charge is 2.28. The molecule has 1 N–H and O–H groups in total. The van der Waals surface area contributed by atoms with Gasteiger partial charge in [0.25, 0.3) is 0 Å². The van der Waals surface area contributed by atoms with Crippen LogP contribution in [0.15, 0.2) is 0 Å². The minimum atomic E-state index is 0.0915. The van der Waals surface area contributed by atoms with Gasteiger partial charge >= 0.3 is 0 Å². The summed E-state index contributed by atoms with van der Waals surface area (Å²) in [5, 5.41) is 7.78. The van der Waals surface area contributed by atoms with E-state index in [4.69, 9.17) is 0 Å². The van der Waals surface area contributed by atoms with Crippen LogP contribution in [-0.4, -0.2) is 63.4 Å². The van der Waals surface area contributed by atoms with Crippen molar-refractivity contribution < 1.29 is 0 Å². The first-order valence-corrected chi connectivity index (χ1v) is 6.14. The summed E-state index contributed by atoms with van der Waals surface area (Å²) in [5.41, 5.74) is 0.0915. The first kappa shape index (κ1) is 15.8. The quantitative estimate of drug-likeness (QED) is 0.468. The lowest BCUT2D eigenvalue weighted by Crippen LogP contribution is -2.53. The molecule has 0 aliphatic heterocycles. The largest absolute Gasteiger partial charge is 0.303 e. The van der Waals surface area contributed by atoms with E-state index in [0.29, 0.717) is 0 Å². The van der Waals surface area contributed by atoms with Crippen LogP contribution >= 0.6 is 0 Å². The molecule has 0 aliphatic carbocycles. The highest BCUT2D eigenvalue weighted by molar-refractivity contribution is 4.80. The second kappa shape index (κ2) is 8.01. The van der Waals surface area contributed by atoms with Crippen LogP contribution in [0.2, 0.25) is 0 Å². The fraction of sp³-hybridized carbons (Fsp3) is 1.00. The van der Waals surface area contributed by atoms with Gasteiger partial charge < -0.3 is 5.32 Å². The first-order valence-electron chi connectivity index (χ1n) is 6.14. The van der Waals surface area contributed by atoms with E-state index in [1.807, 2.05) is 0 Å². The predicted octanol–water partition coefficient (Wildman–Crippen LogP) is 0.777. The number of hydrogen-bond acceptors (Lipinski definition) is 3. The Morgan fingerprint density at radius 2 is 1.69 bits per heavy atom. The lowest BCUT2D eigenvalue weighted by atomic mass is 10.1. The molecule has 1 radical (unpaired) electrons. The van der Waals surface area contributed by atoms with Crippen LogP contribution in [0.5, 0.6) is 0 Å². The summed E-state index contributed by atoms with van der Waals surface area (Å²) in [7, 11) is 8.48. The zero-order valence-electron chi connectivity index (χ0n) is 11.9. The molecule has 4 nitrogen and oxygen atoms in total. The number of hydrogen-bond donors (Lipinski definition) is 1. The molecule has 0 heterocycles. The summed E-state index contributed by atoms with van der Waals surface area (Å²) in [6.45, 7) is 7.17. The Hall–Kier alpha value is -0.160. The first-order chi connectivity index (χ1) is 7.45. The van der Waals surface area contributed by atoms with E-state index in [1.165, 1.54) is 6.42 Å². The number of rotatable bonds is 9. The van der Waals surface area contributed by atoms with Gasteiger partial charge in [-0.25, -0.2) is 5.32 Å². The average Bonchev–Trinajstić information content (AvgIpc) is 2.22.